The lowest BCUT2D eigenvalue weighted by molar-refractivity contribution is -0.147. The van der Waals surface area contributed by atoms with Gasteiger partial charge in [-0.25, -0.2) is 0 Å². The van der Waals surface area contributed by atoms with Gasteiger partial charge in [0.15, 0.2) is 0 Å². The van der Waals surface area contributed by atoms with Crippen molar-refractivity contribution in [1.29, 1.82) is 0 Å². The summed E-state index contributed by atoms with van der Waals surface area (Å²) in [5.41, 5.74) is 1.38. The molecule has 0 N–H and O–H groups in total. The maximum atomic E-state index is 12.6. The van der Waals surface area contributed by atoms with Crippen LogP contribution in [0.1, 0.15) is 18.4 Å². The van der Waals surface area contributed by atoms with Gasteiger partial charge in [0.1, 0.15) is 6.10 Å². The number of likely N-dealkylation sites (tertiary alicyclic amines) is 1. The second kappa shape index (κ2) is 6.89. The first-order valence-corrected chi connectivity index (χ1v) is 9.49. The zero-order chi connectivity index (χ0) is 15.6. The Hall–Kier alpha value is -0.950. The van der Waals surface area contributed by atoms with E-state index in [0.29, 0.717) is 32.2 Å². The van der Waals surface area contributed by atoms with E-state index in [4.69, 9.17) is 9.47 Å². The van der Waals surface area contributed by atoms with E-state index in [1.807, 2.05) is 4.90 Å². The molecule has 0 bridgehead atoms. The summed E-state index contributed by atoms with van der Waals surface area (Å²) in [4.78, 5) is 17.0. The van der Waals surface area contributed by atoms with Crippen LogP contribution >= 0.6 is 11.3 Å². The van der Waals surface area contributed by atoms with Crippen LogP contribution in [0.5, 0.6) is 0 Å². The van der Waals surface area contributed by atoms with Crippen molar-refractivity contribution in [3.63, 3.8) is 0 Å². The number of carbonyl (C=O) groups excluding carboxylic acids is 1. The lowest BCUT2D eigenvalue weighted by Gasteiger charge is -2.33. The molecule has 0 spiro atoms. The zero-order valence-electron chi connectivity index (χ0n) is 13.4. The summed E-state index contributed by atoms with van der Waals surface area (Å²) < 4.78 is 11.5. The van der Waals surface area contributed by atoms with E-state index in [1.165, 1.54) is 5.56 Å². The molecule has 0 saturated carbocycles. The molecule has 0 unspecified atom stereocenters. The van der Waals surface area contributed by atoms with Crippen molar-refractivity contribution in [3.05, 3.63) is 22.4 Å². The summed E-state index contributed by atoms with van der Waals surface area (Å²) in [5.74, 6) is 0.718. The quantitative estimate of drug-likeness (QED) is 0.841. The fourth-order valence-corrected chi connectivity index (χ4v) is 4.59. The van der Waals surface area contributed by atoms with Gasteiger partial charge in [0, 0.05) is 26.2 Å². The lowest BCUT2D eigenvalue weighted by atomic mass is 9.91. The number of amides is 1. The molecule has 4 heterocycles. The lowest BCUT2D eigenvalue weighted by Crippen LogP contribution is -2.46. The Kier molecular flexibility index (Phi) is 4.66. The van der Waals surface area contributed by atoms with Crippen LogP contribution in [0.25, 0.3) is 0 Å². The summed E-state index contributed by atoms with van der Waals surface area (Å²) in [6.45, 7) is 5.78. The van der Waals surface area contributed by atoms with E-state index in [0.717, 1.165) is 32.5 Å². The molecule has 0 aromatic carbocycles. The summed E-state index contributed by atoms with van der Waals surface area (Å²) in [7, 11) is 0. The molecule has 5 nitrogen and oxygen atoms in total. The summed E-state index contributed by atoms with van der Waals surface area (Å²) in [6, 6.07) is 2.19. The van der Waals surface area contributed by atoms with Crippen molar-refractivity contribution >= 4 is 17.2 Å². The molecule has 0 radical (unpaired) electrons. The smallest absolute Gasteiger partial charge is 0.251 e. The van der Waals surface area contributed by atoms with Crippen LogP contribution in [-0.4, -0.2) is 67.3 Å². The monoisotopic (exact) mass is 336 g/mol. The van der Waals surface area contributed by atoms with E-state index in [-0.39, 0.29) is 18.1 Å². The molecule has 1 aromatic rings. The SMILES string of the molecule is O=C([C@@H]1C[C@@H]2CCN(Cc3ccsc3)C[C@H]2O1)N1CCOCC1. The Morgan fingerprint density at radius 1 is 1.30 bits per heavy atom. The third kappa shape index (κ3) is 3.45. The van der Waals surface area contributed by atoms with E-state index >= 15 is 0 Å². The van der Waals surface area contributed by atoms with Crippen molar-refractivity contribution in [1.82, 2.24) is 9.80 Å². The van der Waals surface area contributed by atoms with Crippen molar-refractivity contribution in [2.24, 2.45) is 5.92 Å². The second-order valence-corrected chi connectivity index (χ2v) is 7.53. The predicted octanol–water partition coefficient (Wildman–Crippen LogP) is 1.59. The number of carbonyl (C=O) groups is 1. The Balaban J connectivity index is 1.33. The molecule has 3 aliphatic rings. The normalized spacial score (nSPS) is 32.0. The number of morpholine rings is 1. The Labute approximate surface area is 141 Å². The minimum Gasteiger partial charge on any atom is -0.378 e. The van der Waals surface area contributed by atoms with Gasteiger partial charge in [-0.15, -0.1) is 0 Å². The minimum atomic E-state index is -0.232. The topological polar surface area (TPSA) is 42.0 Å². The highest BCUT2D eigenvalue weighted by Crippen LogP contribution is 2.34. The van der Waals surface area contributed by atoms with Crippen LogP contribution in [0.3, 0.4) is 0 Å². The summed E-state index contributed by atoms with van der Waals surface area (Å²) in [6.07, 6.45) is 2.02. The van der Waals surface area contributed by atoms with E-state index in [2.05, 4.69) is 21.7 Å². The number of fused-ring (bicyclic) bond motifs is 1. The van der Waals surface area contributed by atoms with Crippen LogP contribution in [0.4, 0.5) is 0 Å². The molecule has 3 saturated heterocycles. The number of thiophene rings is 1. The van der Waals surface area contributed by atoms with Crippen LogP contribution in [0, 0.1) is 5.92 Å². The van der Waals surface area contributed by atoms with E-state index in [1.54, 1.807) is 11.3 Å². The molecule has 1 aromatic heterocycles. The Bertz CT molecular complexity index is 530. The van der Waals surface area contributed by atoms with Gasteiger partial charge in [-0.2, -0.15) is 11.3 Å². The highest BCUT2D eigenvalue weighted by Gasteiger charge is 2.43. The number of ether oxygens (including phenoxy) is 2. The largest absolute Gasteiger partial charge is 0.378 e. The summed E-state index contributed by atoms with van der Waals surface area (Å²) >= 11 is 1.75. The second-order valence-electron chi connectivity index (χ2n) is 6.75. The van der Waals surface area contributed by atoms with Gasteiger partial charge in [-0.1, -0.05) is 0 Å². The minimum absolute atomic E-state index is 0.173. The van der Waals surface area contributed by atoms with Gasteiger partial charge in [0.05, 0.1) is 19.3 Å². The first kappa shape index (κ1) is 15.6. The number of nitrogens with zero attached hydrogens (tertiary/aromatic N) is 2. The first-order valence-electron chi connectivity index (χ1n) is 8.55. The first-order chi connectivity index (χ1) is 11.3. The van der Waals surface area contributed by atoms with Gasteiger partial charge in [0.2, 0.25) is 0 Å². The number of hydrogen-bond donors (Lipinski definition) is 0. The molecule has 6 heteroatoms. The molecule has 0 aliphatic carbocycles. The van der Waals surface area contributed by atoms with Crippen LogP contribution in [0.2, 0.25) is 0 Å². The van der Waals surface area contributed by atoms with Gasteiger partial charge >= 0.3 is 0 Å². The fourth-order valence-electron chi connectivity index (χ4n) is 3.93. The standard InChI is InChI=1S/C17H24N2O3S/c20-17(19-4-6-21-7-5-19)15-9-14-1-3-18(11-16(14)22-15)10-13-2-8-23-12-13/h2,8,12,14-16H,1,3-7,9-11H2/t14-,15-,16+/m0/s1. The molecule has 3 atom stereocenters. The van der Waals surface area contributed by atoms with Gasteiger partial charge in [0.25, 0.3) is 5.91 Å². The van der Waals surface area contributed by atoms with Gasteiger partial charge in [-0.05, 0) is 47.7 Å². The molecule has 126 valence electrons. The highest BCUT2D eigenvalue weighted by atomic mass is 32.1. The zero-order valence-corrected chi connectivity index (χ0v) is 14.2. The molecular weight excluding hydrogens is 312 g/mol. The maximum absolute atomic E-state index is 12.6. The predicted molar refractivity (Wildman–Crippen MR) is 88.4 cm³/mol. The third-order valence-electron chi connectivity index (χ3n) is 5.22. The van der Waals surface area contributed by atoms with Crippen LogP contribution < -0.4 is 0 Å². The highest BCUT2D eigenvalue weighted by molar-refractivity contribution is 7.07. The number of piperidine rings is 1. The average Bonchev–Trinajstić information content (AvgIpc) is 3.24. The average molecular weight is 336 g/mol. The number of rotatable bonds is 3. The Morgan fingerprint density at radius 3 is 2.96 bits per heavy atom. The van der Waals surface area contributed by atoms with E-state index in [9.17, 15) is 4.79 Å². The maximum Gasteiger partial charge on any atom is 0.251 e. The molecule has 1 amide bonds. The molecular formula is C17H24N2O3S. The third-order valence-corrected chi connectivity index (χ3v) is 5.95. The summed E-state index contributed by atoms with van der Waals surface area (Å²) in [5, 5.41) is 4.34. The van der Waals surface area contributed by atoms with Crippen molar-refractivity contribution in [3.8, 4) is 0 Å². The van der Waals surface area contributed by atoms with Crippen molar-refractivity contribution < 1.29 is 14.3 Å². The Morgan fingerprint density at radius 2 is 2.17 bits per heavy atom. The van der Waals surface area contributed by atoms with Crippen LogP contribution in [-0.2, 0) is 20.8 Å². The van der Waals surface area contributed by atoms with Crippen molar-refractivity contribution in [2.75, 3.05) is 39.4 Å². The molecule has 23 heavy (non-hydrogen) atoms. The van der Waals surface area contributed by atoms with Crippen LogP contribution in [0.15, 0.2) is 16.8 Å². The molecule has 3 aliphatic heterocycles. The van der Waals surface area contributed by atoms with E-state index < -0.39 is 0 Å². The molecule has 3 fully saturated rings. The fraction of sp³-hybridized carbons (Fsp3) is 0.706. The van der Waals surface area contributed by atoms with Gasteiger partial charge < -0.3 is 14.4 Å². The van der Waals surface area contributed by atoms with Gasteiger partial charge in [-0.3, -0.25) is 9.69 Å². The van der Waals surface area contributed by atoms with Crippen molar-refractivity contribution in [2.45, 2.75) is 31.6 Å². The number of hydrogen-bond acceptors (Lipinski definition) is 5. The molecule has 4 rings (SSSR count).